The lowest BCUT2D eigenvalue weighted by Crippen LogP contribution is -2.57. The van der Waals surface area contributed by atoms with Crippen LogP contribution in [0.15, 0.2) is 30.3 Å². The third kappa shape index (κ3) is 4.83. The van der Waals surface area contributed by atoms with Crippen molar-refractivity contribution < 1.29 is 4.79 Å². The standard InChI is InChI=1S/C21H33N3O/c1-15(2)20(22)21(25)23-18-10-6-7-11-19(18)24(17-12-13-17)14-16-8-4-3-5-9-16/h3-5,8-9,15,17-20H,6-7,10-14,22H2,1-2H3,(H,23,25). The minimum atomic E-state index is -0.411. The Bertz CT molecular complexity index is 556. The maximum absolute atomic E-state index is 12.5. The number of rotatable bonds is 7. The average molecular weight is 344 g/mol. The third-order valence-corrected chi connectivity index (χ3v) is 5.73. The van der Waals surface area contributed by atoms with Crippen molar-refractivity contribution >= 4 is 5.91 Å². The fraction of sp³-hybridized carbons (Fsp3) is 0.667. The van der Waals surface area contributed by atoms with Gasteiger partial charge in [0, 0.05) is 24.7 Å². The number of benzene rings is 1. The summed E-state index contributed by atoms with van der Waals surface area (Å²) in [4.78, 5) is 15.2. The Morgan fingerprint density at radius 3 is 2.48 bits per heavy atom. The Morgan fingerprint density at radius 1 is 1.16 bits per heavy atom. The highest BCUT2D eigenvalue weighted by atomic mass is 16.2. The summed E-state index contributed by atoms with van der Waals surface area (Å²) < 4.78 is 0. The molecule has 2 saturated carbocycles. The molecule has 0 bridgehead atoms. The van der Waals surface area contributed by atoms with Crippen molar-refractivity contribution in [1.82, 2.24) is 10.2 Å². The molecule has 3 N–H and O–H groups in total. The minimum Gasteiger partial charge on any atom is -0.350 e. The van der Waals surface area contributed by atoms with E-state index >= 15 is 0 Å². The summed E-state index contributed by atoms with van der Waals surface area (Å²) in [5.41, 5.74) is 7.43. The lowest BCUT2D eigenvalue weighted by atomic mass is 9.88. The van der Waals surface area contributed by atoms with E-state index in [1.807, 2.05) is 13.8 Å². The van der Waals surface area contributed by atoms with Crippen LogP contribution in [0.2, 0.25) is 0 Å². The van der Waals surface area contributed by atoms with E-state index in [2.05, 4.69) is 40.5 Å². The lowest BCUT2D eigenvalue weighted by Gasteiger charge is -2.41. The van der Waals surface area contributed by atoms with E-state index in [0.29, 0.717) is 12.1 Å². The summed E-state index contributed by atoms with van der Waals surface area (Å²) in [7, 11) is 0. The first kappa shape index (κ1) is 18.4. The van der Waals surface area contributed by atoms with E-state index in [9.17, 15) is 4.79 Å². The van der Waals surface area contributed by atoms with Gasteiger partial charge < -0.3 is 11.1 Å². The zero-order chi connectivity index (χ0) is 17.8. The molecule has 0 aromatic heterocycles. The molecule has 0 spiro atoms. The molecule has 1 amide bonds. The van der Waals surface area contributed by atoms with Crippen LogP contribution in [0.1, 0.15) is 57.9 Å². The number of nitrogens with zero attached hydrogens (tertiary/aromatic N) is 1. The van der Waals surface area contributed by atoms with Gasteiger partial charge in [0.1, 0.15) is 0 Å². The van der Waals surface area contributed by atoms with Crippen molar-refractivity contribution in [2.75, 3.05) is 0 Å². The molecular weight excluding hydrogens is 310 g/mol. The number of amides is 1. The summed E-state index contributed by atoms with van der Waals surface area (Å²) >= 11 is 0. The third-order valence-electron chi connectivity index (χ3n) is 5.73. The highest BCUT2D eigenvalue weighted by molar-refractivity contribution is 5.82. The molecule has 3 atom stereocenters. The summed E-state index contributed by atoms with van der Waals surface area (Å²) in [5.74, 6) is 0.188. The van der Waals surface area contributed by atoms with Gasteiger partial charge in [-0.05, 0) is 37.2 Å². The fourth-order valence-corrected chi connectivity index (χ4v) is 3.98. The molecule has 1 aromatic rings. The SMILES string of the molecule is CC(C)C(N)C(=O)NC1CCCCC1N(Cc1ccccc1)C1CC1. The molecule has 0 saturated heterocycles. The Labute approximate surface area is 152 Å². The van der Waals surface area contributed by atoms with E-state index in [0.717, 1.165) is 13.0 Å². The van der Waals surface area contributed by atoms with Gasteiger partial charge in [-0.2, -0.15) is 0 Å². The van der Waals surface area contributed by atoms with Gasteiger partial charge in [-0.25, -0.2) is 0 Å². The molecule has 0 aliphatic heterocycles. The van der Waals surface area contributed by atoms with Crippen LogP contribution in [0.5, 0.6) is 0 Å². The molecule has 25 heavy (non-hydrogen) atoms. The maximum Gasteiger partial charge on any atom is 0.237 e. The molecule has 1 aromatic carbocycles. The zero-order valence-corrected chi connectivity index (χ0v) is 15.7. The molecule has 3 unspecified atom stereocenters. The van der Waals surface area contributed by atoms with Crippen LogP contribution in [0.3, 0.4) is 0 Å². The molecule has 3 rings (SSSR count). The minimum absolute atomic E-state index is 0.0161. The topological polar surface area (TPSA) is 58.4 Å². The Balaban J connectivity index is 1.70. The average Bonchev–Trinajstić information content (AvgIpc) is 3.45. The van der Waals surface area contributed by atoms with E-state index in [4.69, 9.17) is 5.73 Å². The van der Waals surface area contributed by atoms with Crippen LogP contribution in [0, 0.1) is 5.92 Å². The molecule has 2 aliphatic rings. The molecule has 4 nitrogen and oxygen atoms in total. The summed E-state index contributed by atoms with van der Waals surface area (Å²) in [5, 5.41) is 3.29. The van der Waals surface area contributed by atoms with Gasteiger partial charge in [-0.15, -0.1) is 0 Å². The largest absolute Gasteiger partial charge is 0.350 e. The number of nitrogens with two attached hydrogens (primary N) is 1. The Hall–Kier alpha value is -1.39. The summed E-state index contributed by atoms with van der Waals surface area (Å²) in [6.45, 7) is 5.00. The van der Waals surface area contributed by atoms with Crippen LogP contribution >= 0.6 is 0 Å². The number of carbonyl (C=O) groups is 1. The summed E-state index contributed by atoms with van der Waals surface area (Å²) in [6.07, 6.45) is 7.27. The van der Waals surface area contributed by atoms with Crippen LogP contribution < -0.4 is 11.1 Å². The van der Waals surface area contributed by atoms with Crippen molar-refractivity contribution in [3.05, 3.63) is 35.9 Å². The second kappa shape index (κ2) is 8.33. The maximum atomic E-state index is 12.5. The van der Waals surface area contributed by atoms with Gasteiger partial charge in [0.2, 0.25) is 5.91 Å². The van der Waals surface area contributed by atoms with E-state index in [1.54, 1.807) is 0 Å². The van der Waals surface area contributed by atoms with Gasteiger partial charge in [0.15, 0.2) is 0 Å². The number of carbonyl (C=O) groups excluding carboxylic acids is 1. The van der Waals surface area contributed by atoms with Crippen molar-refractivity contribution in [3.63, 3.8) is 0 Å². The second-order valence-electron chi connectivity index (χ2n) is 8.13. The monoisotopic (exact) mass is 343 g/mol. The molecule has 4 heteroatoms. The molecule has 2 aliphatic carbocycles. The summed E-state index contributed by atoms with van der Waals surface area (Å²) in [6, 6.07) is 11.7. The van der Waals surface area contributed by atoms with Gasteiger partial charge >= 0.3 is 0 Å². The Kier molecular flexibility index (Phi) is 6.13. The first-order valence-corrected chi connectivity index (χ1v) is 9.92. The van der Waals surface area contributed by atoms with E-state index < -0.39 is 6.04 Å². The normalized spacial score (nSPS) is 25.2. The first-order valence-electron chi connectivity index (χ1n) is 9.92. The van der Waals surface area contributed by atoms with Crippen LogP contribution in [0.4, 0.5) is 0 Å². The predicted octanol–water partition coefficient (Wildman–Crippen LogP) is 3.06. The van der Waals surface area contributed by atoms with E-state index in [-0.39, 0.29) is 17.9 Å². The van der Waals surface area contributed by atoms with Gasteiger partial charge in [0.05, 0.1) is 6.04 Å². The van der Waals surface area contributed by atoms with Crippen LogP contribution in [0.25, 0.3) is 0 Å². The zero-order valence-electron chi connectivity index (χ0n) is 15.7. The molecule has 2 fully saturated rings. The molecule has 0 radical (unpaired) electrons. The van der Waals surface area contributed by atoms with Gasteiger partial charge in [-0.3, -0.25) is 9.69 Å². The van der Waals surface area contributed by atoms with Crippen molar-refractivity contribution in [1.29, 1.82) is 0 Å². The Morgan fingerprint density at radius 2 is 1.84 bits per heavy atom. The highest BCUT2D eigenvalue weighted by Crippen LogP contribution is 2.35. The quantitative estimate of drug-likeness (QED) is 0.800. The number of hydrogen-bond donors (Lipinski definition) is 2. The molecule has 138 valence electrons. The predicted molar refractivity (Wildman–Crippen MR) is 102 cm³/mol. The van der Waals surface area contributed by atoms with Crippen molar-refractivity contribution in [3.8, 4) is 0 Å². The molecule has 0 heterocycles. The van der Waals surface area contributed by atoms with Crippen LogP contribution in [-0.4, -0.2) is 35.0 Å². The molecular formula is C21H33N3O. The van der Waals surface area contributed by atoms with Gasteiger partial charge in [-0.1, -0.05) is 57.0 Å². The van der Waals surface area contributed by atoms with E-state index in [1.165, 1.54) is 37.7 Å². The fourth-order valence-electron chi connectivity index (χ4n) is 3.98. The van der Waals surface area contributed by atoms with Crippen molar-refractivity contribution in [2.24, 2.45) is 11.7 Å². The first-order chi connectivity index (χ1) is 12.1. The number of hydrogen-bond acceptors (Lipinski definition) is 3. The second-order valence-corrected chi connectivity index (χ2v) is 8.13. The van der Waals surface area contributed by atoms with Gasteiger partial charge in [0.25, 0.3) is 0 Å². The highest BCUT2D eigenvalue weighted by Gasteiger charge is 2.39. The smallest absolute Gasteiger partial charge is 0.237 e. The lowest BCUT2D eigenvalue weighted by molar-refractivity contribution is -0.124. The van der Waals surface area contributed by atoms with Crippen LogP contribution in [-0.2, 0) is 11.3 Å². The van der Waals surface area contributed by atoms with Crippen molar-refractivity contribution in [2.45, 2.75) is 83.1 Å². The number of nitrogens with one attached hydrogen (secondary N) is 1.